The third-order valence-corrected chi connectivity index (χ3v) is 6.15. The van der Waals surface area contributed by atoms with Crippen molar-refractivity contribution in [2.24, 2.45) is 0 Å². The van der Waals surface area contributed by atoms with Gasteiger partial charge >= 0.3 is 6.09 Å². The second-order valence-corrected chi connectivity index (χ2v) is 8.80. The molecular formula is C25H26FN5O4. The van der Waals surface area contributed by atoms with Crippen LogP contribution in [-0.4, -0.2) is 70.7 Å². The molecule has 0 aliphatic carbocycles. The molecule has 2 aromatic heterocycles. The number of carbonyl (C=O) groups is 1. The monoisotopic (exact) mass is 479 g/mol. The van der Waals surface area contributed by atoms with E-state index in [1.807, 2.05) is 27.0 Å². The van der Waals surface area contributed by atoms with Gasteiger partial charge < -0.3 is 29.0 Å². The minimum absolute atomic E-state index is 0.0109. The second-order valence-electron chi connectivity index (χ2n) is 8.80. The third-order valence-electron chi connectivity index (χ3n) is 6.15. The van der Waals surface area contributed by atoms with E-state index in [1.165, 1.54) is 19.5 Å². The number of aryl methyl sites for hydroxylation is 1. The molecule has 4 aromatic rings. The number of hydrogen-bond donors (Lipinski definition) is 1. The largest absolute Gasteiger partial charge is 0.493 e. The smallest absolute Gasteiger partial charge is 0.415 e. The summed E-state index contributed by atoms with van der Waals surface area (Å²) in [4.78, 5) is 28.3. The van der Waals surface area contributed by atoms with Crippen LogP contribution in [-0.2, 0) is 0 Å². The summed E-state index contributed by atoms with van der Waals surface area (Å²) >= 11 is 0. The van der Waals surface area contributed by atoms with Crippen LogP contribution in [0.4, 0.5) is 9.18 Å². The molecule has 182 valence electrons. The first-order valence-corrected chi connectivity index (χ1v) is 11.3. The van der Waals surface area contributed by atoms with E-state index in [0.29, 0.717) is 34.1 Å². The lowest BCUT2D eigenvalue weighted by atomic mass is 10.2. The van der Waals surface area contributed by atoms with Crippen molar-refractivity contribution in [3.63, 3.8) is 0 Å². The van der Waals surface area contributed by atoms with E-state index in [9.17, 15) is 9.18 Å². The van der Waals surface area contributed by atoms with E-state index < -0.39 is 11.9 Å². The third kappa shape index (κ3) is 4.44. The molecule has 2 aromatic carbocycles. The summed E-state index contributed by atoms with van der Waals surface area (Å²) in [6, 6.07) is 8.14. The number of nitrogens with zero attached hydrogens (tertiary/aromatic N) is 4. The van der Waals surface area contributed by atoms with Crippen LogP contribution < -0.4 is 14.2 Å². The molecule has 0 bridgehead atoms. The van der Waals surface area contributed by atoms with Crippen molar-refractivity contribution in [2.75, 3.05) is 33.8 Å². The van der Waals surface area contributed by atoms with Crippen LogP contribution in [0.1, 0.15) is 12.6 Å². The van der Waals surface area contributed by atoms with Crippen LogP contribution in [0.2, 0.25) is 0 Å². The molecule has 3 heterocycles. The zero-order chi connectivity index (χ0) is 24.7. The first kappa shape index (κ1) is 22.9. The quantitative estimate of drug-likeness (QED) is 0.461. The average Bonchev–Trinajstić information content (AvgIpc) is 3.19. The molecule has 0 radical (unpaired) electrons. The van der Waals surface area contributed by atoms with E-state index in [4.69, 9.17) is 14.2 Å². The zero-order valence-electron chi connectivity index (χ0n) is 20.0. The predicted molar refractivity (Wildman–Crippen MR) is 129 cm³/mol. The molecule has 1 N–H and O–H groups in total. The fraction of sp³-hybridized carbons (Fsp3) is 0.320. The molecule has 0 spiro atoms. The van der Waals surface area contributed by atoms with E-state index in [-0.39, 0.29) is 23.4 Å². The van der Waals surface area contributed by atoms with Gasteiger partial charge in [-0.25, -0.2) is 19.2 Å². The van der Waals surface area contributed by atoms with Gasteiger partial charge in [0.15, 0.2) is 17.3 Å². The van der Waals surface area contributed by atoms with Gasteiger partial charge in [-0.1, -0.05) is 0 Å². The Balaban J connectivity index is 1.48. The normalized spacial score (nSPS) is 16.6. The molecule has 35 heavy (non-hydrogen) atoms. The molecule has 0 unspecified atom stereocenters. The van der Waals surface area contributed by atoms with Crippen LogP contribution in [0.15, 0.2) is 36.7 Å². The van der Waals surface area contributed by atoms with Crippen molar-refractivity contribution in [1.29, 1.82) is 0 Å². The van der Waals surface area contributed by atoms with Crippen molar-refractivity contribution in [1.82, 2.24) is 24.8 Å². The summed E-state index contributed by atoms with van der Waals surface area (Å²) in [7, 11) is 3.51. The maximum absolute atomic E-state index is 14.6. The SMILES string of the molecule is COc1cc2ncnc(Oc3cc(F)c4[nH]c(C)cc4c3)c2cc1OC(=O)N1CCN(C)C[C@H]1C. The maximum Gasteiger partial charge on any atom is 0.415 e. The topological polar surface area (TPSA) is 92.8 Å². The second kappa shape index (κ2) is 9.03. The maximum atomic E-state index is 14.6. The summed E-state index contributed by atoms with van der Waals surface area (Å²) in [5, 5.41) is 1.18. The zero-order valence-corrected chi connectivity index (χ0v) is 20.0. The van der Waals surface area contributed by atoms with Gasteiger partial charge in [-0.3, -0.25) is 0 Å². The Morgan fingerprint density at radius 2 is 1.97 bits per heavy atom. The van der Waals surface area contributed by atoms with Crippen molar-refractivity contribution in [3.05, 3.63) is 48.2 Å². The Kier molecular flexibility index (Phi) is 5.89. The number of nitrogens with one attached hydrogen (secondary N) is 1. The van der Waals surface area contributed by atoms with Gasteiger partial charge in [-0.15, -0.1) is 0 Å². The molecule has 5 rings (SSSR count). The highest BCUT2D eigenvalue weighted by atomic mass is 19.1. The lowest BCUT2D eigenvalue weighted by Crippen LogP contribution is -2.53. The predicted octanol–water partition coefficient (Wildman–Crippen LogP) is 4.49. The fourth-order valence-corrected chi connectivity index (χ4v) is 4.41. The number of fused-ring (bicyclic) bond motifs is 2. The molecule has 0 saturated carbocycles. The van der Waals surface area contributed by atoms with Crippen molar-refractivity contribution < 1.29 is 23.4 Å². The minimum Gasteiger partial charge on any atom is -0.493 e. The number of hydrogen-bond acceptors (Lipinski definition) is 7. The average molecular weight is 480 g/mol. The molecule has 1 atom stereocenters. The summed E-state index contributed by atoms with van der Waals surface area (Å²) in [6.45, 7) is 5.93. The summed E-state index contributed by atoms with van der Waals surface area (Å²) in [6.07, 6.45) is 0.891. The van der Waals surface area contributed by atoms with Gasteiger partial charge in [0.1, 0.15) is 12.1 Å². The van der Waals surface area contributed by atoms with Crippen molar-refractivity contribution >= 4 is 27.9 Å². The van der Waals surface area contributed by atoms with Gasteiger partial charge in [-0.2, -0.15) is 0 Å². The first-order chi connectivity index (χ1) is 16.8. The number of ether oxygens (including phenoxy) is 3. The fourth-order valence-electron chi connectivity index (χ4n) is 4.41. The number of H-pyrrole nitrogens is 1. The molecular weight excluding hydrogens is 453 g/mol. The molecule has 1 saturated heterocycles. The van der Waals surface area contributed by atoms with Gasteiger partial charge in [0.2, 0.25) is 5.88 Å². The van der Waals surface area contributed by atoms with E-state index in [2.05, 4.69) is 19.9 Å². The molecule has 1 amide bonds. The summed E-state index contributed by atoms with van der Waals surface area (Å²) in [5.41, 5.74) is 1.79. The van der Waals surface area contributed by atoms with E-state index >= 15 is 0 Å². The van der Waals surface area contributed by atoms with Gasteiger partial charge in [0.05, 0.1) is 23.5 Å². The number of aromatic amines is 1. The molecule has 1 aliphatic heterocycles. The van der Waals surface area contributed by atoms with Gasteiger partial charge in [-0.05, 0) is 39.1 Å². The Morgan fingerprint density at radius 3 is 2.74 bits per heavy atom. The lowest BCUT2D eigenvalue weighted by Gasteiger charge is -2.37. The summed E-state index contributed by atoms with van der Waals surface area (Å²) in [5.74, 6) is 0.635. The first-order valence-electron chi connectivity index (χ1n) is 11.3. The molecule has 1 fully saturated rings. The minimum atomic E-state index is -0.460. The molecule has 10 heteroatoms. The van der Waals surface area contributed by atoms with Crippen molar-refractivity contribution in [2.45, 2.75) is 19.9 Å². The van der Waals surface area contributed by atoms with Crippen LogP contribution in [0.25, 0.3) is 21.8 Å². The van der Waals surface area contributed by atoms with E-state index in [0.717, 1.165) is 18.8 Å². The number of piperazine rings is 1. The Labute approximate surface area is 201 Å². The lowest BCUT2D eigenvalue weighted by molar-refractivity contribution is 0.0886. The number of amides is 1. The number of aromatic nitrogens is 3. The number of likely N-dealkylation sites (N-methyl/N-ethyl adjacent to an activating group) is 1. The van der Waals surface area contributed by atoms with Crippen LogP contribution in [0.3, 0.4) is 0 Å². The highest BCUT2D eigenvalue weighted by molar-refractivity contribution is 5.88. The Morgan fingerprint density at radius 1 is 1.14 bits per heavy atom. The number of halogens is 1. The highest BCUT2D eigenvalue weighted by Gasteiger charge is 2.28. The van der Waals surface area contributed by atoms with Crippen LogP contribution in [0.5, 0.6) is 23.1 Å². The highest BCUT2D eigenvalue weighted by Crippen LogP contribution is 2.37. The van der Waals surface area contributed by atoms with E-state index in [1.54, 1.807) is 23.1 Å². The Hall–Kier alpha value is -3.92. The standard InChI is InChI=1S/C25H26FN5O4/c1-14-7-16-8-17(9-19(26)23(16)29-14)34-24-18-10-22(21(33-4)11-20(18)27-13-28-24)35-25(32)31-6-5-30(3)12-15(31)2/h7-11,13,15,29H,5-6,12H2,1-4H3/t15-/m1/s1. The van der Waals surface area contributed by atoms with Gasteiger partial charge in [0.25, 0.3) is 0 Å². The van der Waals surface area contributed by atoms with Crippen LogP contribution in [0, 0.1) is 12.7 Å². The number of benzene rings is 2. The number of carbonyl (C=O) groups excluding carboxylic acids is 1. The number of rotatable bonds is 4. The van der Waals surface area contributed by atoms with Crippen molar-refractivity contribution in [3.8, 4) is 23.1 Å². The molecule has 1 aliphatic rings. The number of methoxy groups -OCH3 is 1. The van der Waals surface area contributed by atoms with Crippen LogP contribution >= 0.6 is 0 Å². The van der Waals surface area contributed by atoms with Gasteiger partial charge in [0, 0.05) is 48.9 Å². The summed E-state index contributed by atoms with van der Waals surface area (Å²) < 4.78 is 31.8. The molecule has 9 nitrogen and oxygen atoms in total. The Bertz CT molecular complexity index is 1420.